The Morgan fingerprint density at radius 1 is 1.30 bits per heavy atom. The van der Waals surface area contributed by atoms with Crippen molar-refractivity contribution < 1.29 is 23.8 Å². The molecule has 0 aliphatic heterocycles. The summed E-state index contributed by atoms with van der Waals surface area (Å²) < 4.78 is 15.3. The largest absolute Gasteiger partial charge is 0.496 e. The van der Waals surface area contributed by atoms with E-state index in [1.54, 1.807) is 33.3 Å². The third-order valence-electron chi connectivity index (χ3n) is 2.41. The fourth-order valence-corrected chi connectivity index (χ4v) is 1.46. The maximum atomic E-state index is 10.7. The van der Waals surface area contributed by atoms with Crippen LogP contribution in [-0.2, 0) is 14.4 Å². The molecule has 0 spiro atoms. The lowest BCUT2D eigenvalue weighted by molar-refractivity contribution is -0.144. The minimum absolute atomic E-state index is 0.149. The van der Waals surface area contributed by atoms with Crippen LogP contribution in [0.15, 0.2) is 23.4 Å². The molecule has 0 heterocycles. The monoisotopic (exact) mass is 281 g/mol. The van der Waals surface area contributed by atoms with Gasteiger partial charge in [-0.3, -0.25) is 4.79 Å². The normalized spacial score (nSPS) is 12.0. The van der Waals surface area contributed by atoms with Crippen LogP contribution in [0.5, 0.6) is 11.5 Å². The van der Waals surface area contributed by atoms with Crippen molar-refractivity contribution in [2.75, 3.05) is 20.8 Å². The first kappa shape index (κ1) is 15.8. The van der Waals surface area contributed by atoms with E-state index in [9.17, 15) is 4.79 Å². The number of hydrogen-bond donors (Lipinski definition) is 0. The molecular formula is C14H19NO5. The van der Waals surface area contributed by atoms with Crippen LogP contribution in [0.1, 0.15) is 19.4 Å². The van der Waals surface area contributed by atoms with Crippen molar-refractivity contribution in [1.82, 2.24) is 0 Å². The summed E-state index contributed by atoms with van der Waals surface area (Å²) in [6, 6.07) is 5.41. The van der Waals surface area contributed by atoms with Crippen LogP contribution in [-0.4, -0.2) is 39.1 Å². The van der Waals surface area contributed by atoms with Crippen LogP contribution in [0.2, 0.25) is 0 Å². The number of carbonyl (C=O) groups excluding carboxylic acids is 1. The quantitative estimate of drug-likeness (QED) is 0.434. The Labute approximate surface area is 118 Å². The maximum Gasteiger partial charge on any atom is 0.302 e. The molecule has 1 aromatic rings. The minimum atomic E-state index is -0.351. The van der Waals surface area contributed by atoms with Crippen LogP contribution in [0, 0.1) is 0 Å². The smallest absolute Gasteiger partial charge is 0.302 e. The highest BCUT2D eigenvalue weighted by atomic mass is 16.7. The van der Waals surface area contributed by atoms with Gasteiger partial charge in [-0.2, -0.15) is 0 Å². The number of carbonyl (C=O) groups is 1. The molecule has 6 nitrogen and oxygen atoms in total. The van der Waals surface area contributed by atoms with E-state index in [0.29, 0.717) is 17.1 Å². The van der Waals surface area contributed by atoms with E-state index in [1.165, 1.54) is 13.1 Å². The van der Waals surface area contributed by atoms with Gasteiger partial charge in [0.1, 0.15) is 18.1 Å². The number of ether oxygens (including phenoxy) is 3. The van der Waals surface area contributed by atoms with E-state index in [0.717, 1.165) is 0 Å². The second kappa shape index (κ2) is 8.04. The lowest BCUT2D eigenvalue weighted by Gasteiger charge is -2.11. The molecule has 0 saturated heterocycles. The summed E-state index contributed by atoms with van der Waals surface area (Å²) >= 11 is 0. The Bertz CT molecular complexity index is 450. The molecule has 0 radical (unpaired) electrons. The van der Waals surface area contributed by atoms with Crippen molar-refractivity contribution >= 4 is 12.2 Å². The van der Waals surface area contributed by atoms with Crippen LogP contribution in [0.25, 0.3) is 0 Å². The molecule has 0 aliphatic carbocycles. The summed E-state index contributed by atoms with van der Waals surface area (Å²) in [5.41, 5.74) is 0.678. The van der Waals surface area contributed by atoms with Crippen molar-refractivity contribution in [2.45, 2.75) is 20.0 Å². The van der Waals surface area contributed by atoms with E-state index >= 15 is 0 Å². The molecule has 0 unspecified atom stereocenters. The first-order valence-corrected chi connectivity index (χ1v) is 6.12. The van der Waals surface area contributed by atoms with Gasteiger partial charge in [-0.05, 0) is 19.1 Å². The summed E-state index contributed by atoms with van der Waals surface area (Å²) in [6.45, 7) is 3.24. The van der Waals surface area contributed by atoms with E-state index < -0.39 is 0 Å². The summed E-state index contributed by atoms with van der Waals surface area (Å²) in [4.78, 5) is 15.8. The van der Waals surface area contributed by atoms with Crippen molar-refractivity contribution in [3.63, 3.8) is 0 Å². The highest BCUT2D eigenvalue weighted by Gasteiger charge is 2.08. The summed E-state index contributed by atoms with van der Waals surface area (Å²) in [7, 11) is 3.13. The van der Waals surface area contributed by atoms with E-state index in [-0.39, 0.29) is 18.7 Å². The molecule has 20 heavy (non-hydrogen) atoms. The maximum absolute atomic E-state index is 10.7. The number of oxime groups is 1. The summed E-state index contributed by atoms with van der Waals surface area (Å²) in [6.07, 6.45) is 1.16. The van der Waals surface area contributed by atoms with E-state index in [4.69, 9.17) is 19.0 Å². The molecule has 6 heteroatoms. The SMILES string of the molecule is COc1cccc(OC)c1/C=N/O[C@H](C)COC(C)=O. The summed E-state index contributed by atoms with van der Waals surface area (Å²) in [5.74, 6) is 0.907. The first-order chi connectivity index (χ1) is 9.58. The topological polar surface area (TPSA) is 66.3 Å². The van der Waals surface area contributed by atoms with Gasteiger partial charge < -0.3 is 19.0 Å². The Morgan fingerprint density at radius 2 is 1.90 bits per heavy atom. The zero-order valence-electron chi connectivity index (χ0n) is 12.1. The van der Waals surface area contributed by atoms with Gasteiger partial charge in [0.25, 0.3) is 0 Å². The van der Waals surface area contributed by atoms with Gasteiger partial charge in [0.15, 0.2) is 6.10 Å². The molecule has 0 saturated carbocycles. The standard InChI is InChI=1S/C14H19NO5/c1-10(9-19-11(2)16)20-15-8-12-13(17-3)6-5-7-14(12)18-4/h5-8,10H,9H2,1-4H3/b15-8+/t10-/m1/s1. The number of nitrogens with zero attached hydrogens (tertiary/aromatic N) is 1. The third-order valence-corrected chi connectivity index (χ3v) is 2.41. The van der Waals surface area contributed by atoms with E-state index in [1.807, 2.05) is 6.07 Å². The predicted octanol–water partition coefficient (Wildman–Crippen LogP) is 2.01. The molecular weight excluding hydrogens is 262 g/mol. The number of rotatable bonds is 7. The molecule has 1 rings (SSSR count). The Balaban J connectivity index is 2.67. The fourth-order valence-electron chi connectivity index (χ4n) is 1.46. The average Bonchev–Trinajstić information content (AvgIpc) is 2.45. The average molecular weight is 281 g/mol. The molecule has 0 fully saturated rings. The summed E-state index contributed by atoms with van der Waals surface area (Å²) in [5, 5.41) is 3.86. The van der Waals surface area contributed by atoms with Crippen molar-refractivity contribution in [3.05, 3.63) is 23.8 Å². The number of benzene rings is 1. The molecule has 0 aromatic heterocycles. The van der Waals surface area contributed by atoms with Crippen molar-refractivity contribution in [3.8, 4) is 11.5 Å². The van der Waals surface area contributed by atoms with Gasteiger partial charge in [0.2, 0.25) is 0 Å². The zero-order valence-corrected chi connectivity index (χ0v) is 12.1. The van der Waals surface area contributed by atoms with Gasteiger partial charge in [-0.15, -0.1) is 0 Å². The fraction of sp³-hybridized carbons (Fsp3) is 0.429. The van der Waals surface area contributed by atoms with Crippen molar-refractivity contribution in [2.24, 2.45) is 5.16 Å². The lowest BCUT2D eigenvalue weighted by Crippen LogP contribution is -2.15. The van der Waals surface area contributed by atoms with Crippen molar-refractivity contribution in [1.29, 1.82) is 0 Å². The van der Waals surface area contributed by atoms with Gasteiger partial charge in [-0.1, -0.05) is 11.2 Å². The predicted molar refractivity (Wildman–Crippen MR) is 74.3 cm³/mol. The molecule has 1 atom stereocenters. The first-order valence-electron chi connectivity index (χ1n) is 6.12. The molecule has 110 valence electrons. The minimum Gasteiger partial charge on any atom is -0.496 e. The Hall–Kier alpha value is -2.24. The lowest BCUT2D eigenvalue weighted by atomic mass is 10.2. The molecule has 0 N–H and O–H groups in total. The van der Waals surface area contributed by atoms with Crippen LogP contribution in [0.4, 0.5) is 0 Å². The Morgan fingerprint density at radius 3 is 2.40 bits per heavy atom. The second-order valence-corrected chi connectivity index (χ2v) is 4.03. The zero-order chi connectivity index (χ0) is 15.0. The van der Waals surface area contributed by atoms with Crippen LogP contribution < -0.4 is 9.47 Å². The number of methoxy groups -OCH3 is 2. The highest BCUT2D eigenvalue weighted by molar-refractivity contribution is 5.87. The van der Waals surface area contributed by atoms with E-state index in [2.05, 4.69) is 5.16 Å². The van der Waals surface area contributed by atoms with Crippen LogP contribution >= 0.6 is 0 Å². The van der Waals surface area contributed by atoms with Crippen LogP contribution in [0.3, 0.4) is 0 Å². The third kappa shape index (κ3) is 4.79. The van der Waals surface area contributed by atoms with Gasteiger partial charge >= 0.3 is 5.97 Å². The van der Waals surface area contributed by atoms with Gasteiger partial charge in [0.05, 0.1) is 26.0 Å². The molecule has 0 bridgehead atoms. The number of esters is 1. The van der Waals surface area contributed by atoms with Gasteiger partial charge in [0, 0.05) is 6.92 Å². The Kier molecular flexibility index (Phi) is 6.36. The molecule has 0 amide bonds. The molecule has 1 aromatic carbocycles. The second-order valence-electron chi connectivity index (χ2n) is 4.03. The highest BCUT2D eigenvalue weighted by Crippen LogP contribution is 2.26. The number of hydrogen-bond acceptors (Lipinski definition) is 6. The molecule has 0 aliphatic rings. The van der Waals surface area contributed by atoms with Gasteiger partial charge in [-0.25, -0.2) is 0 Å².